The van der Waals surface area contributed by atoms with Crippen LogP contribution in [0.25, 0.3) is 0 Å². The summed E-state index contributed by atoms with van der Waals surface area (Å²) >= 11 is 0. The third-order valence-corrected chi connectivity index (χ3v) is 0.500. The molecule has 0 rings (SSSR count). The van der Waals surface area contributed by atoms with E-state index in [2.05, 4.69) is 0 Å². The van der Waals surface area contributed by atoms with E-state index in [0.29, 0.717) is 0 Å². The summed E-state index contributed by atoms with van der Waals surface area (Å²) in [6.45, 7) is 0. The Hall–Kier alpha value is 0.870. The Balaban J connectivity index is -0.0000000221. The molecule has 0 aromatic rings. The summed E-state index contributed by atoms with van der Waals surface area (Å²) in [6, 6.07) is 0. The van der Waals surface area contributed by atoms with Gasteiger partial charge in [0.15, 0.2) is 0 Å². The molecule has 0 aromatic carbocycles. The summed E-state index contributed by atoms with van der Waals surface area (Å²) in [6.07, 6.45) is 0. The molecule has 0 bridgehead atoms. The Morgan fingerprint density at radius 3 is 0.435 bits per heavy atom. The van der Waals surface area contributed by atoms with Crippen molar-refractivity contribution in [3.8, 4) is 0 Å². The van der Waals surface area contributed by atoms with Gasteiger partial charge in [0.25, 0.3) is 0 Å². The molecule has 0 spiro atoms. The Morgan fingerprint density at radius 1 is 0.391 bits per heavy atom. The predicted octanol–water partition coefficient (Wildman–Crippen LogP) is -10.8. The van der Waals surface area contributed by atoms with Gasteiger partial charge >= 0.3 is 125 Å². The van der Waals surface area contributed by atoms with Crippen LogP contribution in [0.5, 0.6) is 0 Å². The second-order valence-corrected chi connectivity index (χ2v) is 1.72. The van der Waals surface area contributed by atoms with Crippen LogP contribution in [0.15, 0.2) is 0 Å². The van der Waals surface area contributed by atoms with Crippen molar-refractivity contribution in [3.63, 3.8) is 0 Å². The van der Waals surface area contributed by atoms with Gasteiger partial charge in [-0.1, -0.05) is 0 Å². The maximum Gasteiger partial charge on any atom is 4.00 e. The number of aliphatic carboxylic acids is 6. The van der Waals surface area contributed by atoms with E-state index in [1.54, 1.807) is 0 Å². The van der Waals surface area contributed by atoms with Gasteiger partial charge in [0.1, 0.15) is 0 Å². The van der Waals surface area contributed by atoms with Crippen molar-refractivity contribution >= 4 is 35.8 Å². The molecule has 0 N–H and O–H groups in total. The Morgan fingerprint density at radius 2 is 0.435 bits per heavy atom. The van der Waals surface area contributed by atoms with E-state index in [9.17, 15) is 0 Å². The summed E-state index contributed by atoms with van der Waals surface area (Å²) in [4.78, 5) is 53.6. The fourth-order valence-electron chi connectivity index (χ4n) is 0. The maximum atomic E-state index is 8.93. The number of carboxylic acids is 6. The van der Waals surface area contributed by atoms with E-state index in [1.165, 1.54) is 0 Å². The minimum absolute atomic E-state index is 0. The van der Waals surface area contributed by atoms with Crippen molar-refractivity contribution in [3.05, 3.63) is 0 Å². The molecule has 0 saturated carbocycles. The van der Waals surface area contributed by atoms with Crippen LogP contribution < -0.4 is 30.6 Å². The minimum Gasteiger partial charge on any atom is -2.00 e. The van der Waals surface area contributed by atoms with Gasteiger partial charge in [-0.2, -0.15) is 0 Å². The molecule has 120 valence electrons. The number of carbonyl (C=O) groups excluding carboxylic acids is 6. The van der Waals surface area contributed by atoms with Crippen molar-refractivity contribution in [1.29, 1.82) is 0 Å². The van der Waals surface area contributed by atoms with E-state index >= 15 is 0 Å². The van der Waals surface area contributed by atoms with Gasteiger partial charge in [0.2, 0.25) is 0 Å². The van der Waals surface area contributed by atoms with E-state index in [0.717, 1.165) is 0 Å². The Bertz CT molecular complexity index is 286. The minimum atomic E-state index is -2.19. The van der Waals surface area contributed by atoms with Crippen LogP contribution in [0.4, 0.5) is 0 Å². The predicted molar refractivity (Wildman–Crippen MR) is 31.4 cm³/mol. The van der Waals surface area contributed by atoms with Crippen LogP contribution in [0.3, 0.4) is 0 Å². The van der Waals surface area contributed by atoms with Crippen molar-refractivity contribution in [2.24, 2.45) is 0 Å². The van der Waals surface area contributed by atoms with Crippen molar-refractivity contribution in [2.45, 2.75) is 0 Å². The van der Waals surface area contributed by atoms with Gasteiger partial charge in [0.05, 0.1) is 35.8 Å². The zero-order valence-corrected chi connectivity index (χ0v) is 19.6. The van der Waals surface area contributed by atoms with Gasteiger partial charge < -0.3 is 70.4 Å². The maximum absolute atomic E-state index is 8.93. The monoisotopic (exact) mass is 716 g/mol. The third kappa shape index (κ3) is 60.1. The number of hydrogen-bond acceptors (Lipinski definition) is 12. The quantitative estimate of drug-likeness (QED) is 0.211. The molecule has 23 heavy (non-hydrogen) atoms. The molecule has 0 unspecified atom stereocenters. The van der Waals surface area contributed by atoms with Crippen molar-refractivity contribution < 1.29 is 196 Å². The first-order chi connectivity index (χ1) is 7.93. The van der Waals surface area contributed by atoms with Crippen molar-refractivity contribution in [2.75, 3.05) is 0 Å². The van der Waals surface area contributed by atoms with Crippen LogP contribution in [0.1, 0.15) is 0 Å². The molecule has 0 aromatic heterocycles. The first kappa shape index (κ1) is 49.6. The summed E-state index contributed by atoms with van der Waals surface area (Å²) < 4.78 is 0. The molecule has 2 radical (unpaired) electrons. The number of carboxylic acid groups (broad SMARTS) is 6. The summed E-state index contributed by atoms with van der Waals surface area (Å²) in [5.41, 5.74) is 0. The SMILES string of the molecule is O=C([O-])C(=O)[O-].O=C([O-])C(=O)[O-].O=C([O-])C(=O)[O-].[Ce+3].[Ce+3].[Ce+4].[O-2].[O-2]. The number of hydrogen-bond donors (Lipinski definition) is 0. The standard InChI is InChI=1S/3C2H2O4.3Ce.2O/c3*3-1(4)2(5)6;;;;;/h3*(H,3,4)(H,5,6);;;;;/q;;;2*+3;+4;2*-2/p-6. The smallest absolute Gasteiger partial charge is 2.00 e. The van der Waals surface area contributed by atoms with Crippen LogP contribution in [-0.4, -0.2) is 35.8 Å². The van der Waals surface area contributed by atoms with Crippen LogP contribution in [0.2, 0.25) is 0 Å². The van der Waals surface area contributed by atoms with Gasteiger partial charge in [-0.25, -0.2) is 0 Å². The molecule has 0 aliphatic rings. The fourth-order valence-corrected chi connectivity index (χ4v) is 0. The molecule has 0 fully saturated rings. The average molecular weight is 716 g/mol. The fraction of sp³-hybridized carbons (Fsp3) is 0. The molecule has 0 saturated heterocycles. The molecule has 0 heterocycles. The average Bonchev–Trinajstić information content (AvgIpc) is 2.18. The van der Waals surface area contributed by atoms with Gasteiger partial charge in [-0.15, -0.1) is 0 Å². The van der Waals surface area contributed by atoms with Crippen LogP contribution in [0, 0.1) is 125 Å². The molecule has 0 aliphatic carbocycles. The van der Waals surface area contributed by atoms with E-state index in [1.807, 2.05) is 0 Å². The van der Waals surface area contributed by atoms with Gasteiger partial charge in [-0.05, 0) is 0 Å². The first-order valence-electron chi connectivity index (χ1n) is 3.20. The number of carbonyl (C=O) groups is 6. The molecule has 0 aliphatic heterocycles. The van der Waals surface area contributed by atoms with Gasteiger partial charge in [0, 0.05) is 0 Å². The Labute approximate surface area is 227 Å². The zero-order valence-electron chi connectivity index (χ0n) is 10.2. The van der Waals surface area contributed by atoms with E-state index in [-0.39, 0.29) is 136 Å². The third-order valence-electron chi connectivity index (χ3n) is 0.500. The normalized spacial score (nSPS) is 5.74. The van der Waals surface area contributed by atoms with E-state index < -0.39 is 35.8 Å². The first-order valence-corrected chi connectivity index (χ1v) is 3.20. The second kappa shape index (κ2) is 30.7. The van der Waals surface area contributed by atoms with Crippen molar-refractivity contribution in [1.82, 2.24) is 0 Å². The summed E-state index contributed by atoms with van der Waals surface area (Å²) in [5, 5.41) is 53.6. The second-order valence-electron chi connectivity index (χ2n) is 1.72. The molecule has 0 amide bonds. The molecular formula is C6Ce3O14. The molecular weight excluding hydrogens is 716 g/mol. The number of rotatable bonds is 0. The zero-order chi connectivity index (χ0) is 15.5. The Kier molecular flexibility index (Phi) is 66.2. The molecule has 0 atom stereocenters. The van der Waals surface area contributed by atoms with Crippen LogP contribution >= 0.6 is 0 Å². The largest absolute Gasteiger partial charge is 4.00 e. The van der Waals surface area contributed by atoms with Gasteiger partial charge in [-0.3, -0.25) is 0 Å². The topological polar surface area (TPSA) is 298 Å². The van der Waals surface area contributed by atoms with Crippen LogP contribution in [-0.2, 0) is 39.7 Å². The molecule has 14 nitrogen and oxygen atoms in total. The van der Waals surface area contributed by atoms with E-state index in [4.69, 9.17) is 59.4 Å². The summed E-state index contributed by atoms with van der Waals surface area (Å²) in [5.74, 6) is -13.1. The molecule has 17 heteroatoms. The summed E-state index contributed by atoms with van der Waals surface area (Å²) in [7, 11) is 0.